The summed E-state index contributed by atoms with van der Waals surface area (Å²) in [6.45, 7) is 7.55. The Morgan fingerprint density at radius 2 is 2.08 bits per heavy atom. The molecule has 0 radical (unpaired) electrons. The summed E-state index contributed by atoms with van der Waals surface area (Å²) in [6.07, 6.45) is 2.46. The Morgan fingerprint density at radius 1 is 1.33 bits per heavy atom. The highest BCUT2D eigenvalue weighted by Crippen LogP contribution is 2.29. The summed E-state index contributed by atoms with van der Waals surface area (Å²) in [4.78, 5) is 7.04. The van der Waals surface area contributed by atoms with Gasteiger partial charge in [0.05, 0.1) is 14.2 Å². The highest BCUT2D eigenvalue weighted by atomic mass is 16.5. The van der Waals surface area contributed by atoms with Gasteiger partial charge in [0, 0.05) is 30.9 Å². The van der Waals surface area contributed by atoms with Crippen LogP contribution in [0.5, 0.6) is 11.5 Å². The maximum absolute atomic E-state index is 6.03. The summed E-state index contributed by atoms with van der Waals surface area (Å²) in [5.74, 6) is 2.36. The number of benzene rings is 1. The number of aliphatic imine (C=N–C) groups is 1. The first-order valence-corrected chi connectivity index (χ1v) is 8.56. The van der Waals surface area contributed by atoms with Crippen molar-refractivity contribution in [2.24, 2.45) is 16.6 Å². The number of ether oxygens (including phenoxy) is 2. The van der Waals surface area contributed by atoms with Crippen LogP contribution in [0, 0.1) is 5.92 Å². The summed E-state index contributed by atoms with van der Waals surface area (Å²) in [5.41, 5.74) is 6.87. The van der Waals surface area contributed by atoms with Gasteiger partial charge in [-0.1, -0.05) is 0 Å². The Morgan fingerprint density at radius 3 is 2.75 bits per heavy atom. The van der Waals surface area contributed by atoms with Crippen molar-refractivity contribution < 1.29 is 9.47 Å². The van der Waals surface area contributed by atoms with Gasteiger partial charge in [-0.3, -0.25) is 4.99 Å². The van der Waals surface area contributed by atoms with E-state index in [0.717, 1.165) is 18.8 Å². The number of methoxy groups -OCH3 is 2. The van der Waals surface area contributed by atoms with Crippen LogP contribution in [0.4, 0.5) is 5.69 Å². The van der Waals surface area contributed by atoms with Crippen molar-refractivity contribution in [3.8, 4) is 11.5 Å². The number of piperidine rings is 1. The SMILES string of the molecule is COc1ccc(NC(N)=NCC2CCCN(C(C)C)C2)cc1OC. The van der Waals surface area contributed by atoms with Crippen LogP contribution in [0.3, 0.4) is 0 Å². The van der Waals surface area contributed by atoms with Crippen LogP contribution in [-0.4, -0.2) is 50.8 Å². The number of guanidine groups is 1. The molecule has 1 aliphatic rings. The Labute approximate surface area is 145 Å². The van der Waals surface area contributed by atoms with E-state index in [0.29, 0.717) is 29.4 Å². The molecule has 1 aliphatic heterocycles. The summed E-state index contributed by atoms with van der Waals surface area (Å²) in [5, 5.41) is 3.12. The van der Waals surface area contributed by atoms with Gasteiger partial charge < -0.3 is 25.4 Å². The molecule has 2 rings (SSSR count). The van der Waals surface area contributed by atoms with Gasteiger partial charge in [0.1, 0.15) is 0 Å². The van der Waals surface area contributed by atoms with Crippen molar-refractivity contribution in [1.82, 2.24) is 4.90 Å². The van der Waals surface area contributed by atoms with Gasteiger partial charge in [-0.15, -0.1) is 0 Å². The van der Waals surface area contributed by atoms with Gasteiger partial charge in [0.15, 0.2) is 17.5 Å². The van der Waals surface area contributed by atoms with Crippen LogP contribution in [0.2, 0.25) is 0 Å². The molecule has 1 atom stereocenters. The number of rotatable bonds is 6. The molecule has 1 saturated heterocycles. The number of nitrogens with zero attached hydrogens (tertiary/aromatic N) is 2. The Bertz CT molecular complexity index is 560. The normalized spacial score (nSPS) is 19.4. The highest BCUT2D eigenvalue weighted by Gasteiger charge is 2.21. The van der Waals surface area contributed by atoms with Gasteiger partial charge in [-0.2, -0.15) is 0 Å². The predicted octanol–water partition coefficient (Wildman–Crippen LogP) is 2.55. The molecular weight excluding hydrogens is 304 g/mol. The molecule has 1 heterocycles. The van der Waals surface area contributed by atoms with Gasteiger partial charge in [-0.25, -0.2) is 0 Å². The molecule has 0 bridgehead atoms. The first-order chi connectivity index (χ1) is 11.5. The van der Waals surface area contributed by atoms with E-state index >= 15 is 0 Å². The Balaban J connectivity index is 1.92. The molecule has 0 aliphatic carbocycles. The van der Waals surface area contributed by atoms with Crippen molar-refractivity contribution in [1.29, 1.82) is 0 Å². The topological polar surface area (TPSA) is 72.1 Å². The van der Waals surface area contributed by atoms with Gasteiger partial charge >= 0.3 is 0 Å². The molecule has 1 aromatic rings. The molecule has 24 heavy (non-hydrogen) atoms. The summed E-state index contributed by atoms with van der Waals surface area (Å²) in [7, 11) is 3.23. The number of hydrogen-bond donors (Lipinski definition) is 2. The molecule has 0 aromatic heterocycles. The van der Waals surface area contributed by atoms with Gasteiger partial charge in [-0.05, 0) is 51.3 Å². The Kier molecular flexibility index (Phi) is 6.73. The number of nitrogens with one attached hydrogen (secondary N) is 1. The van der Waals surface area contributed by atoms with Crippen LogP contribution in [-0.2, 0) is 0 Å². The quantitative estimate of drug-likeness (QED) is 0.618. The molecule has 0 amide bonds. The molecule has 6 heteroatoms. The number of nitrogens with two attached hydrogens (primary N) is 1. The largest absolute Gasteiger partial charge is 0.493 e. The smallest absolute Gasteiger partial charge is 0.193 e. The molecule has 1 aromatic carbocycles. The van der Waals surface area contributed by atoms with E-state index in [4.69, 9.17) is 15.2 Å². The van der Waals surface area contributed by atoms with Gasteiger partial charge in [0.25, 0.3) is 0 Å². The lowest BCUT2D eigenvalue weighted by Gasteiger charge is -2.34. The lowest BCUT2D eigenvalue weighted by atomic mass is 9.97. The number of likely N-dealkylation sites (tertiary alicyclic amines) is 1. The minimum Gasteiger partial charge on any atom is -0.493 e. The fourth-order valence-electron chi connectivity index (χ4n) is 3.04. The first-order valence-electron chi connectivity index (χ1n) is 8.56. The van der Waals surface area contributed by atoms with Crippen LogP contribution in [0.15, 0.2) is 23.2 Å². The van der Waals surface area contributed by atoms with Crippen molar-refractivity contribution in [2.75, 3.05) is 39.2 Å². The molecule has 1 fully saturated rings. The summed E-state index contributed by atoms with van der Waals surface area (Å²) >= 11 is 0. The predicted molar refractivity (Wildman–Crippen MR) is 99.1 cm³/mol. The van der Waals surface area contributed by atoms with E-state index in [-0.39, 0.29) is 0 Å². The third-order valence-corrected chi connectivity index (χ3v) is 4.46. The molecule has 0 saturated carbocycles. The van der Waals surface area contributed by atoms with E-state index in [1.165, 1.54) is 19.4 Å². The van der Waals surface area contributed by atoms with Gasteiger partial charge in [0.2, 0.25) is 0 Å². The van der Waals surface area contributed by atoms with Crippen molar-refractivity contribution in [2.45, 2.75) is 32.7 Å². The third kappa shape index (κ3) is 5.03. The average Bonchev–Trinajstić information content (AvgIpc) is 2.60. The maximum atomic E-state index is 6.03. The standard InChI is InChI=1S/C18H30N4O2/c1-13(2)22-9-5-6-14(12-22)11-20-18(19)21-15-7-8-16(23-3)17(10-15)24-4/h7-8,10,13-14H,5-6,9,11-12H2,1-4H3,(H3,19,20,21). The van der Waals surface area contributed by atoms with Crippen LogP contribution < -0.4 is 20.5 Å². The minimum absolute atomic E-state index is 0.434. The average molecular weight is 334 g/mol. The van der Waals surface area contributed by atoms with Crippen LogP contribution >= 0.6 is 0 Å². The molecule has 3 N–H and O–H groups in total. The minimum atomic E-state index is 0.434. The molecule has 1 unspecified atom stereocenters. The highest BCUT2D eigenvalue weighted by molar-refractivity contribution is 5.92. The molecular formula is C18H30N4O2. The van der Waals surface area contributed by atoms with Crippen molar-refractivity contribution in [3.05, 3.63) is 18.2 Å². The van der Waals surface area contributed by atoms with E-state index in [1.807, 2.05) is 18.2 Å². The van der Waals surface area contributed by atoms with Crippen LogP contribution in [0.1, 0.15) is 26.7 Å². The molecule has 6 nitrogen and oxygen atoms in total. The molecule has 134 valence electrons. The fraction of sp³-hybridized carbons (Fsp3) is 0.611. The lowest BCUT2D eigenvalue weighted by molar-refractivity contribution is 0.143. The fourth-order valence-corrected chi connectivity index (χ4v) is 3.04. The second-order valence-electron chi connectivity index (χ2n) is 6.52. The zero-order chi connectivity index (χ0) is 17.5. The van der Waals surface area contributed by atoms with Crippen molar-refractivity contribution >= 4 is 11.6 Å². The zero-order valence-corrected chi connectivity index (χ0v) is 15.2. The molecule has 0 spiro atoms. The van der Waals surface area contributed by atoms with Crippen LogP contribution in [0.25, 0.3) is 0 Å². The summed E-state index contributed by atoms with van der Waals surface area (Å²) < 4.78 is 10.5. The first kappa shape index (κ1) is 18.4. The van der Waals surface area contributed by atoms with Crippen molar-refractivity contribution in [3.63, 3.8) is 0 Å². The Hall–Kier alpha value is -1.95. The third-order valence-electron chi connectivity index (χ3n) is 4.46. The van der Waals surface area contributed by atoms with E-state index in [9.17, 15) is 0 Å². The van der Waals surface area contributed by atoms with E-state index in [1.54, 1.807) is 14.2 Å². The maximum Gasteiger partial charge on any atom is 0.193 e. The second-order valence-corrected chi connectivity index (χ2v) is 6.52. The monoisotopic (exact) mass is 334 g/mol. The summed E-state index contributed by atoms with van der Waals surface area (Å²) in [6, 6.07) is 6.18. The van der Waals surface area contributed by atoms with E-state index < -0.39 is 0 Å². The van der Waals surface area contributed by atoms with E-state index in [2.05, 4.69) is 29.1 Å². The number of hydrogen-bond acceptors (Lipinski definition) is 4. The number of anilines is 1. The zero-order valence-electron chi connectivity index (χ0n) is 15.2. The second kappa shape index (κ2) is 8.78. The lowest BCUT2D eigenvalue weighted by Crippen LogP contribution is -2.41.